The summed E-state index contributed by atoms with van der Waals surface area (Å²) in [6.45, 7) is 1.77. The molecule has 0 aliphatic heterocycles. The van der Waals surface area contributed by atoms with Crippen molar-refractivity contribution in [3.63, 3.8) is 0 Å². The third-order valence-corrected chi connectivity index (χ3v) is 3.92. The number of nitrogens with two attached hydrogens (primary N) is 1. The van der Waals surface area contributed by atoms with Gasteiger partial charge in [0.2, 0.25) is 0 Å². The van der Waals surface area contributed by atoms with E-state index in [9.17, 15) is 9.18 Å². The van der Waals surface area contributed by atoms with E-state index in [-0.39, 0.29) is 17.2 Å². The van der Waals surface area contributed by atoms with Gasteiger partial charge in [-0.3, -0.25) is 4.79 Å². The number of rotatable bonds is 5. The van der Waals surface area contributed by atoms with Gasteiger partial charge in [0.25, 0.3) is 0 Å². The maximum Gasteiger partial charge on any atom is 0.145 e. The van der Waals surface area contributed by atoms with Gasteiger partial charge in [0, 0.05) is 18.4 Å². The Morgan fingerprint density at radius 1 is 1.19 bits per heavy atom. The molecule has 0 bridgehead atoms. The first-order valence-corrected chi connectivity index (χ1v) is 7.14. The minimum absolute atomic E-state index is 0.00586. The number of benzene rings is 2. The van der Waals surface area contributed by atoms with E-state index in [1.165, 1.54) is 6.07 Å². The van der Waals surface area contributed by atoms with Gasteiger partial charge >= 0.3 is 0 Å². The molecule has 110 valence electrons. The van der Waals surface area contributed by atoms with Gasteiger partial charge in [0.1, 0.15) is 11.6 Å². The summed E-state index contributed by atoms with van der Waals surface area (Å²) in [4.78, 5) is 12.3. The Labute approximate surface area is 128 Å². The quantitative estimate of drug-likeness (QED) is 0.909. The standard InChI is InChI=1S/C17H17ClFNO/c1-11(17(20)12-6-3-2-4-7-12)15(21)10-13-8-5-9-14(18)16(13)19/h2-9,11,17H,10,20H2,1H3. The van der Waals surface area contributed by atoms with Crippen molar-refractivity contribution in [1.29, 1.82) is 0 Å². The Bertz CT molecular complexity index is 630. The molecule has 0 radical (unpaired) electrons. The van der Waals surface area contributed by atoms with Crippen LogP contribution in [0.3, 0.4) is 0 Å². The molecule has 0 saturated carbocycles. The molecular formula is C17H17ClFNO. The molecule has 2 N–H and O–H groups in total. The molecule has 0 saturated heterocycles. The predicted octanol–water partition coefficient (Wildman–Crippen LogP) is 3.93. The van der Waals surface area contributed by atoms with Crippen LogP contribution in [0.15, 0.2) is 48.5 Å². The molecule has 4 heteroatoms. The molecule has 0 aliphatic rings. The first kappa shape index (κ1) is 15.7. The summed E-state index contributed by atoms with van der Waals surface area (Å²) in [7, 11) is 0. The molecule has 2 aromatic carbocycles. The van der Waals surface area contributed by atoms with Crippen molar-refractivity contribution in [2.24, 2.45) is 11.7 Å². The summed E-state index contributed by atoms with van der Waals surface area (Å²) in [5.74, 6) is -1.04. The topological polar surface area (TPSA) is 43.1 Å². The molecule has 2 rings (SSSR count). The zero-order valence-electron chi connectivity index (χ0n) is 11.7. The van der Waals surface area contributed by atoms with E-state index in [0.29, 0.717) is 5.56 Å². The van der Waals surface area contributed by atoms with E-state index in [0.717, 1.165) is 5.56 Å². The van der Waals surface area contributed by atoms with E-state index in [1.807, 2.05) is 30.3 Å². The first-order chi connectivity index (χ1) is 10.0. The van der Waals surface area contributed by atoms with Crippen molar-refractivity contribution in [1.82, 2.24) is 0 Å². The second-order valence-corrected chi connectivity index (χ2v) is 5.49. The van der Waals surface area contributed by atoms with Crippen LogP contribution in [0.5, 0.6) is 0 Å². The molecule has 2 aromatic rings. The average Bonchev–Trinajstić information content (AvgIpc) is 2.51. The van der Waals surface area contributed by atoms with Crippen LogP contribution in [0, 0.1) is 11.7 Å². The lowest BCUT2D eigenvalue weighted by Gasteiger charge is -2.19. The lowest BCUT2D eigenvalue weighted by molar-refractivity contribution is -0.122. The summed E-state index contributed by atoms with van der Waals surface area (Å²) in [5.41, 5.74) is 7.32. The van der Waals surface area contributed by atoms with Gasteiger partial charge in [-0.25, -0.2) is 4.39 Å². The molecule has 2 atom stereocenters. The average molecular weight is 306 g/mol. The smallest absolute Gasteiger partial charge is 0.145 e. The fourth-order valence-electron chi connectivity index (χ4n) is 2.20. The Balaban J connectivity index is 2.11. The van der Waals surface area contributed by atoms with Crippen molar-refractivity contribution in [3.05, 3.63) is 70.5 Å². The minimum atomic E-state index is -0.534. The van der Waals surface area contributed by atoms with Crippen LogP contribution in [0.2, 0.25) is 5.02 Å². The number of hydrogen-bond donors (Lipinski definition) is 1. The van der Waals surface area contributed by atoms with E-state index >= 15 is 0 Å². The summed E-state index contributed by atoms with van der Waals surface area (Å²) < 4.78 is 13.8. The molecular weight excluding hydrogens is 289 g/mol. The summed E-state index contributed by atoms with van der Waals surface area (Å²) >= 11 is 5.72. The van der Waals surface area contributed by atoms with Crippen molar-refractivity contribution in [3.8, 4) is 0 Å². The predicted molar refractivity (Wildman–Crippen MR) is 82.7 cm³/mol. The van der Waals surface area contributed by atoms with Crippen LogP contribution in [-0.4, -0.2) is 5.78 Å². The van der Waals surface area contributed by atoms with E-state index in [2.05, 4.69) is 0 Å². The highest BCUT2D eigenvalue weighted by atomic mass is 35.5. The van der Waals surface area contributed by atoms with Gasteiger partial charge in [-0.15, -0.1) is 0 Å². The zero-order valence-corrected chi connectivity index (χ0v) is 12.5. The Morgan fingerprint density at radius 2 is 1.86 bits per heavy atom. The van der Waals surface area contributed by atoms with Crippen LogP contribution >= 0.6 is 11.6 Å². The van der Waals surface area contributed by atoms with Gasteiger partial charge in [0.05, 0.1) is 5.02 Å². The highest BCUT2D eigenvalue weighted by molar-refractivity contribution is 6.30. The molecule has 0 aromatic heterocycles. The van der Waals surface area contributed by atoms with E-state index in [4.69, 9.17) is 17.3 Å². The largest absolute Gasteiger partial charge is 0.323 e. The maximum atomic E-state index is 13.8. The lowest BCUT2D eigenvalue weighted by Crippen LogP contribution is -2.27. The molecule has 0 fully saturated rings. The van der Waals surface area contributed by atoms with Gasteiger partial charge in [-0.1, -0.05) is 61.0 Å². The molecule has 0 amide bonds. The Morgan fingerprint density at radius 3 is 2.52 bits per heavy atom. The van der Waals surface area contributed by atoms with Crippen LogP contribution in [0.4, 0.5) is 4.39 Å². The fraction of sp³-hybridized carbons (Fsp3) is 0.235. The second-order valence-electron chi connectivity index (χ2n) is 5.08. The zero-order chi connectivity index (χ0) is 15.4. The van der Waals surface area contributed by atoms with Crippen molar-refractivity contribution >= 4 is 17.4 Å². The summed E-state index contributed by atoms with van der Waals surface area (Å²) in [5, 5.41) is 0.0281. The summed E-state index contributed by atoms with van der Waals surface area (Å²) in [6, 6.07) is 13.7. The number of carbonyl (C=O) groups excluding carboxylic acids is 1. The van der Waals surface area contributed by atoms with Crippen molar-refractivity contribution in [2.75, 3.05) is 0 Å². The van der Waals surface area contributed by atoms with Crippen LogP contribution < -0.4 is 5.73 Å². The van der Waals surface area contributed by atoms with Gasteiger partial charge in [0.15, 0.2) is 0 Å². The van der Waals surface area contributed by atoms with Crippen LogP contribution in [-0.2, 0) is 11.2 Å². The van der Waals surface area contributed by atoms with Crippen molar-refractivity contribution < 1.29 is 9.18 Å². The number of Topliss-reactive ketones (excluding diaryl/α,β-unsaturated/α-hetero) is 1. The molecule has 2 unspecified atom stereocenters. The summed E-state index contributed by atoms with van der Waals surface area (Å²) in [6.07, 6.45) is -0.00586. The highest BCUT2D eigenvalue weighted by Crippen LogP contribution is 2.23. The number of hydrogen-bond acceptors (Lipinski definition) is 2. The third kappa shape index (κ3) is 3.69. The number of halogens is 2. The lowest BCUT2D eigenvalue weighted by atomic mass is 9.89. The minimum Gasteiger partial charge on any atom is -0.323 e. The van der Waals surface area contributed by atoms with Crippen molar-refractivity contribution in [2.45, 2.75) is 19.4 Å². The molecule has 0 heterocycles. The maximum absolute atomic E-state index is 13.8. The normalized spacial score (nSPS) is 13.7. The Hall–Kier alpha value is -1.71. The Kier molecular flexibility index (Phi) is 5.10. The van der Waals surface area contributed by atoms with E-state index < -0.39 is 17.8 Å². The molecule has 0 spiro atoms. The fourth-order valence-corrected chi connectivity index (χ4v) is 2.39. The molecule has 0 aliphatic carbocycles. The SMILES string of the molecule is CC(C(=O)Cc1cccc(Cl)c1F)C(N)c1ccccc1. The van der Waals surface area contributed by atoms with Crippen LogP contribution in [0.25, 0.3) is 0 Å². The molecule has 2 nitrogen and oxygen atoms in total. The third-order valence-electron chi connectivity index (χ3n) is 3.63. The first-order valence-electron chi connectivity index (χ1n) is 6.77. The van der Waals surface area contributed by atoms with Gasteiger partial charge < -0.3 is 5.73 Å². The van der Waals surface area contributed by atoms with E-state index in [1.54, 1.807) is 19.1 Å². The van der Waals surface area contributed by atoms with Crippen LogP contribution in [0.1, 0.15) is 24.1 Å². The molecule has 21 heavy (non-hydrogen) atoms. The monoisotopic (exact) mass is 305 g/mol. The van der Waals surface area contributed by atoms with Gasteiger partial charge in [-0.2, -0.15) is 0 Å². The highest BCUT2D eigenvalue weighted by Gasteiger charge is 2.23. The van der Waals surface area contributed by atoms with Gasteiger partial charge in [-0.05, 0) is 17.2 Å². The number of ketones is 1. The number of carbonyl (C=O) groups is 1. The second kappa shape index (κ2) is 6.83.